The van der Waals surface area contributed by atoms with E-state index >= 15 is 0 Å². The summed E-state index contributed by atoms with van der Waals surface area (Å²) in [6, 6.07) is 12.6. The summed E-state index contributed by atoms with van der Waals surface area (Å²) in [4.78, 5) is 48.2. The fourth-order valence-electron chi connectivity index (χ4n) is 12.1. The molecule has 2 aromatic carbocycles. The van der Waals surface area contributed by atoms with E-state index in [9.17, 15) is 27.6 Å². The summed E-state index contributed by atoms with van der Waals surface area (Å²) < 4.78 is 93.0. The van der Waals surface area contributed by atoms with E-state index in [1.165, 1.54) is 12.8 Å². The largest absolute Gasteiger partial charge is 0.420 e. The number of hydrogen-bond acceptors (Lipinski definition) is 19. The van der Waals surface area contributed by atoms with Gasteiger partial charge in [0.15, 0.2) is 11.6 Å². The highest BCUT2D eigenvalue weighted by Gasteiger charge is 2.43. The van der Waals surface area contributed by atoms with Crippen molar-refractivity contribution >= 4 is 17.8 Å². The molecule has 90 heavy (non-hydrogen) atoms. The zero-order valence-corrected chi connectivity index (χ0v) is 53.0. The number of rotatable bonds is 44. The number of piperazine rings is 1. The molecule has 6 heterocycles. The minimum Gasteiger partial charge on any atom is -0.420 e. The highest BCUT2D eigenvalue weighted by Crippen LogP contribution is 2.42. The number of benzene rings is 2. The van der Waals surface area contributed by atoms with Gasteiger partial charge in [0.25, 0.3) is 0 Å². The first kappa shape index (κ1) is 70.4. The lowest BCUT2D eigenvalue weighted by Gasteiger charge is -2.41. The molecule has 1 N–H and O–H groups in total. The Morgan fingerprint density at radius 2 is 1.17 bits per heavy atom. The maximum absolute atomic E-state index is 13.7. The number of aromatic nitrogens is 6. The van der Waals surface area contributed by atoms with Crippen molar-refractivity contribution in [2.75, 3.05) is 165 Å². The summed E-state index contributed by atoms with van der Waals surface area (Å²) in [5, 5.41) is 21.0. The number of unbranched alkanes of at least 4 members (excludes halogenated alkanes) is 1. The Morgan fingerprint density at radius 1 is 0.622 bits per heavy atom. The number of ether oxygens (including phenoxy) is 9. The predicted molar refractivity (Wildman–Crippen MR) is 326 cm³/mol. The molecule has 3 atom stereocenters. The molecule has 0 spiro atoms. The van der Waals surface area contributed by atoms with Gasteiger partial charge in [0.1, 0.15) is 17.5 Å². The van der Waals surface area contributed by atoms with Gasteiger partial charge in [-0.1, -0.05) is 49.4 Å². The number of fused-ring (bicyclic) bond motifs is 2. The van der Waals surface area contributed by atoms with Crippen LogP contribution in [0.15, 0.2) is 48.7 Å². The van der Waals surface area contributed by atoms with E-state index in [0.717, 1.165) is 107 Å². The smallest absolute Gasteiger partial charge is 0.313 e. The van der Waals surface area contributed by atoms with E-state index in [4.69, 9.17) is 37.9 Å². The number of piperidine rings is 1. The minimum atomic E-state index is -1.30. The Bertz CT molecular complexity index is 2700. The van der Waals surface area contributed by atoms with Gasteiger partial charge in [-0.3, -0.25) is 19.3 Å². The van der Waals surface area contributed by atoms with Crippen LogP contribution >= 0.6 is 0 Å². The molecule has 4 aromatic rings. The molecule has 8 rings (SSSR count). The number of nitrogens with one attached hydrogen (secondary N) is 1. The standard InChI is InChI=1S/C64H96F3N11O12/c1-48(2)63-71-69-49(3)78(63)56-43-54-12-13-55(44-56)77(54)19-14-59(50-9-5-4-6-10-50)68-64(81)51-45-75(46-51)60(79)15-18-74-22-20-73(21-23-74)17-8-7-11-53-47-76(72-70-53)24-26-83-28-30-85-32-34-87-36-38-89-40-39-88-37-35-86-33-31-84-29-27-82-25-16-61(80)90-62-57(66)41-52(65)42-58(62)67/h4-6,9-10,41-42,47-48,51,54-56,59H,7-8,11-40,43-46H2,1-3H3,(H,68,81)/t54?,55?,56?,59-/m0/s1. The van der Waals surface area contributed by atoms with Crippen LogP contribution in [-0.2, 0) is 65.2 Å². The molecule has 2 unspecified atom stereocenters. The van der Waals surface area contributed by atoms with Gasteiger partial charge >= 0.3 is 5.97 Å². The monoisotopic (exact) mass is 1270 g/mol. The molecule has 4 fully saturated rings. The molecular weight excluding hydrogens is 1170 g/mol. The molecule has 2 aromatic heterocycles. The Kier molecular flexibility index (Phi) is 30.1. The zero-order chi connectivity index (χ0) is 63.3. The number of esters is 1. The molecule has 0 radical (unpaired) electrons. The van der Waals surface area contributed by atoms with Gasteiger partial charge in [-0.15, -0.1) is 15.3 Å². The Hall–Kier alpha value is -5.52. The van der Waals surface area contributed by atoms with Gasteiger partial charge in [-0.05, 0) is 70.4 Å². The summed E-state index contributed by atoms with van der Waals surface area (Å²) in [6.07, 6.45) is 10.7. The van der Waals surface area contributed by atoms with E-state index in [1.807, 2.05) is 34.0 Å². The van der Waals surface area contributed by atoms with Crippen molar-refractivity contribution in [3.63, 3.8) is 0 Å². The number of carbonyl (C=O) groups excluding carboxylic acids is 3. The Balaban J connectivity index is 0.547. The Morgan fingerprint density at radius 3 is 1.73 bits per heavy atom. The number of hydrogen-bond donors (Lipinski definition) is 1. The van der Waals surface area contributed by atoms with Crippen LogP contribution in [0, 0.1) is 30.3 Å². The van der Waals surface area contributed by atoms with Crippen LogP contribution in [0.3, 0.4) is 0 Å². The Labute approximate surface area is 527 Å². The second-order valence-corrected chi connectivity index (χ2v) is 23.8. The first-order valence-electron chi connectivity index (χ1n) is 32.5. The molecule has 500 valence electrons. The lowest BCUT2D eigenvalue weighted by atomic mass is 9.94. The summed E-state index contributed by atoms with van der Waals surface area (Å²) in [7, 11) is 0. The van der Waals surface area contributed by atoms with Crippen molar-refractivity contribution in [2.24, 2.45) is 5.92 Å². The number of carbonyl (C=O) groups is 3. The van der Waals surface area contributed by atoms with Crippen LogP contribution in [0.1, 0.15) is 113 Å². The molecule has 26 heteroatoms. The van der Waals surface area contributed by atoms with Crippen molar-refractivity contribution < 1.29 is 70.2 Å². The third-order valence-corrected chi connectivity index (χ3v) is 17.0. The SMILES string of the molecule is Cc1nnc(C(C)C)n1C1CC2CCC(C1)N2CC[C@H](NC(=O)C1CN(C(=O)CCN2CCN(CCCCc3cn(CCOCCOCCOCCOCCOCCOCCOCCOCCC(=O)Oc4c(F)cc(F)cc4F)nn3)CC2)C1)c1ccccc1. The average molecular weight is 1270 g/mol. The minimum absolute atomic E-state index is 0.0420. The molecule has 4 saturated heterocycles. The van der Waals surface area contributed by atoms with Gasteiger partial charge in [0.2, 0.25) is 17.6 Å². The first-order valence-corrected chi connectivity index (χ1v) is 32.5. The molecule has 4 aliphatic heterocycles. The molecule has 23 nitrogen and oxygen atoms in total. The topological polar surface area (TPSA) is 221 Å². The number of amides is 2. The molecule has 2 amide bonds. The van der Waals surface area contributed by atoms with E-state index in [-0.39, 0.29) is 50.0 Å². The van der Waals surface area contributed by atoms with E-state index < -0.39 is 29.2 Å². The van der Waals surface area contributed by atoms with Crippen LogP contribution < -0.4 is 10.1 Å². The van der Waals surface area contributed by atoms with Gasteiger partial charge in [-0.2, -0.15) is 0 Å². The van der Waals surface area contributed by atoms with Gasteiger partial charge < -0.3 is 67.2 Å². The summed E-state index contributed by atoms with van der Waals surface area (Å²) in [6.45, 7) is 20.7. The third kappa shape index (κ3) is 23.2. The van der Waals surface area contributed by atoms with Gasteiger partial charge in [-0.25, -0.2) is 17.9 Å². The van der Waals surface area contributed by atoms with E-state index in [2.05, 4.69) is 82.7 Å². The lowest BCUT2D eigenvalue weighted by molar-refractivity contribution is -0.143. The van der Waals surface area contributed by atoms with Crippen LogP contribution in [0.2, 0.25) is 0 Å². The van der Waals surface area contributed by atoms with E-state index in [0.29, 0.717) is 148 Å². The van der Waals surface area contributed by atoms with Crippen molar-refractivity contribution in [3.8, 4) is 5.75 Å². The van der Waals surface area contributed by atoms with Crippen molar-refractivity contribution in [1.82, 2.24) is 54.7 Å². The normalized spacial score (nSPS) is 18.6. The van der Waals surface area contributed by atoms with E-state index in [1.54, 1.807) is 0 Å². The van der Waals surface area contributed by atoms with Crippen LogP contribution in [0.5, 0.6) is 5.75 Å². The molecular formula is C64H96F3N11O12. The van der Waals surface area contributed by atoms with Crippen molar-refractivity contribution in [1.29, 1.82) is 0 Å². The van der Waals surface area contributed by atoms with Gasteiger partial charge in [0, 0.05) is 101 Å². The molecule has 4 aliphatic rings. The second kappa shape index (κ2) is 38.5. The maximum Gasteiger partial charge on any atom is 0.313 e. The molecule has 2 bridgehead atoms. The quantitative estimate of drug-likeness (QED) is 0.0316. The number of nitrogens with zero attached hydrogens (tertiary/aromatic N) is 10. The zero-order valence-electron chi connectivity index (χ0n) is 53.0. The summed E-state index contributed by atoms with van der Waals surface area (Å²) in [5.41, 5.74) is 2.12. The molecule has 0 aliphatic carbocycles. The van der Waals surface area contributed by atoms with Crippen molar-refractivity contribution in [2.45, 2.75) is 122 Å². The van der Waals surface area contributed by atoms with Crippen molar-refractivity contribution in [3.05, 3.63) is 89.0 Å². The molecule has 0 saturated carbocycles. The average Bonchev–Trinajstić information content (AvgIpc) is 1.83. The highest BCUT2D eigenvalue weighted by atomic mass is 19.1. The summed E-state index contributed by atoms with van der Waals surface area (Å²) in [5.74, 6) is -3.13. The fraction of sp³-hybridized carbons (Fsp3) is 0.703. The number of likely N-dealkylation sites (tertiary alicyclic amines) is 1. The fourth-order valence-corrected chi connectivity index (χ4v) is 12.1. The lowest BCUT2D eigenvalue weighted by Crippen LogP contribution is -2.56. The highest BCUT2D eigenvalue weighted by molar-refractivity contribution is 5.84. The van der Waals surface area contributed by atoms with Crippen LogP contribution in [0.4, 0.5) is 13.2 Å². The number of halogens is 3. The second-order valence-electron chi connectivity index (χ2n) is 23.8. The maximum atomic E-state index is 13.7. The van der Waals surface area contributed by atoms with Gasteiger partial charge in [0.05, 0.1) is 136 Å². The third-order valence-electron chi connectivity index (χ3n) is 17.0. The summed E-state index contributed by atoms with van der Waals surface area (Å²) >= 11 is 0. The van der Waals surface area contributed by atoms with Crippen LogP contribution in [-0.4, -0.2) is 244 Å². The first-order chi connectivity index (χ1) is 43.9. The number of aryl methyl sites for hydroxylation is 2. The van der Waals surface area contributed by atoms with Crippen LogP contribution in [0.25, 0.3) is 0 Å². The predicted octanol–water partition coefficient (Wildman–Crippen LogP) is 5.75.